The van der Waals surface area contributed by atoms with Crippen LogP contribution in [0.15, 0.2) is 57.1 Å². The van der Waals surface area contributed by atoms with E-state index in [1.165, 1.54) is 11.8 Å². The van der Waals surface area contributed by atoms with E-state index in [0.29, 0.717) is 10.1 Å². The number of carbonyl (C=O) groups is 1. The Balaban J connectivity index is 2.17. The van der Waals surface area contributed by atoms with Crippen LogP contribution in [0, 0.1) is 11.5 Å². The third-order valence-corrected chi connectivity index (χ3v) is 4.54. The van der Waals surface area contributed by atoms with Crippen molar-refractivity contribution in [2.45, 2.75) is 0 Å². The van der Waals surface area contributed by atoms with Gasteiger partial charge in [0.1, 0.15) is 0 Å². The van der Waals surface area contributed by atoms with Crippen LogP contribution in [0.25, 0.3) is 5.57 Å². The highest BCUT2D eigenvalue weighted by Crippen LogP contribution is 2.36. The standard InChI is InChI=1S/C15H9N3OS2/c16-9-17-15-18-14(19)13(21-15)12(11-6-7-20-8-11)10-4-2-1-3-5-10/h1-8H,(H,17,18,19). The largest absolute Gasteiger partial charge is 0.300 e. The minimum absolute atomic E-state index is 0.223. The number of thioether (sulfide) groups is 1. The lowest BCUT2D eigenvalue weighted by Crippen LogP contribution is -2.19. The van der Waals surface area contributed by atoms with Gasteiger partial charge in [-0.15, -0.1) is 4.99 Å². The molecule has 1 saturated heterocycles. The van der Waals surface area contributed by atoms with Crippen LogP contribution in [0.5, 0.6) is 0 Å². The highest BCUT2D eigenvalue weighted by Gasteiger charge is 2.28. The SMILES string of the molecule is N#CN=C1NC(=O)C(=C(c2ccccc2)c2ccsc2)S1. The van der Waals surface area contributed by atoms with Crippen molar-refractivity contribution >= 4 is 39.7 Å². The highest BCUT2D eigenvalue weighted by molar-refractivity contribution is 8.18. The molecular weight excluding hydrogens is 302 g/mol. The van der Waals surface area contributed by atoms with E-state index < -0.39 is 0 Å². The van der Waals surface area contributed by atoms with E-state index in [1.807, 2.05) is 47.2 Å². The molecule has 2 aromatic rings. The number of nitriles is 1. The van der Waals surface area contributed by atoms with Crippen molar-refractivity contribution in [1.29, 1.82) is 5.26 Å². The molecule has 0 spiro atoms. The highest BCUT2D eigenvalue weighted by atomic mass is 32.2. The number of thiophene rings is 1. The van der Waals surface area contributed by atoms with E-state index in [0.717, 1.165) is 16.7 Å². The summed E-state index contributed by atoms with van der Waals surface area (Å²) in [6.45, 7) is 0. The maximum absolute atomic E-state index is 12.2. The molecule has 0 unspecified atom stereocenters. The Kier molecular flexibility index (Phi) is 3.86. The van der Waals surface area contributed by atoms with E-state index in [-0.39, 0.29) is 5.91 Å². The van der Waals surface area contributed by atoms with Gasteiger partial charge in [0, 0.05) is 5.57 Å². The summed E-state index contributed by atoms with van der Waals surface area (Å²) in [6.07, 6.45) is 1.70. The first-order valence-corrected chi connectivity index (χ1v) is 7.84. The second-order valence-corrected chi connectivity index (χ2v) is 5.93. The first-order valence-electron chi connectivity index (χ1n) is 6.08. The topological polar surface area (TPSA) is 65.2 Å². The van der Waals surface area contributed by atoms with Crippen LogP contribution in [0.4, 0.5) is 0 Å². The molecule has 1 N–H and O–H groups in total. The Morgan fingerprint density at radius 3 is 2.67 bits per heavy atom. The van der Waals surface area contributed by atoms with E-state index >= 15 is 0 Å². The van der Waals surface area contributed by atoms with Crippen molar-refractivity contribution < 1.29 is 4.79 Å². The summed E-state index contributed by atoms with van der Waals surface area (Å²) in [7, 11) is 0. The van der Waals surface area contributed by atoms with Gasteiger partial charge in [0.05, 0.1) is 4.91 Å². The van der Waals surface area contributed by atoms with Gasteiger partial charge in [-0.1, -0.05) is 30.3 Å². The molecule has 0 saturated carbocycles. The number of hydrogen-bond acceptors (Lipinski definition) is 5. The molecule has 2 heterocycles. The Hall–Kier alpha value is -2.36. The minimum Gasteiger partial charge on any atom is -0.300 e. The molecule has 0 bridgehead atoms. The van der Waals surface area contributed by atoms with Crippen molar-refractivity contribution in [2.75, 3.05) is 0 Å². The summed E-state index contributed by atoms with van der Waals surface area (Å²) in [5.41, 5.74) is 2.82. The molecule has 6 heteroatoms. The number of amides is 1. The predicted molar refractivity (Wildman–Crippen MR) is 85.6 cm³/mol. The lowest BCUT2D eigenvalue weighted by molar-refractivity contribution is -0.115. The Morgan fingerprint density at radius 2 is 2.00 bits per heavy atom. The Morgan fingerprint density at radius 1 is 1.19 bits per heavy atom. The first-order chi connectivity index (χ1) is 10.3. The molecule has 0 atom stereocenters. The van der Waals surface area contributed by atoms with Gasteiger partial charge >= 0.3 is 0 Å². The van der Waals surface area contributed by atoms with Gasteiger partial charge in [0.15, 0.2) is 5.17 Å². The zero-order valence-electron chi connectivity index (χ0n) is 10.7. The number of carbonyl (C=O) groups excluding carboxylic acids is 1. The maximum atomic E-state index is 12.2. The van der Waals surface area contributed by atoms with Gasteiger partial charge in [-0.25, -0.2) is 0 Å². The molecular formula is C15H9N3OS2. The van der Waals surface area contributed by atoms with E-state index in [1.54, 1.807) is 17.5 Å². The number of benzene rings is 1. The average molecular weight is 311 g/mol. The van der Waals surface area contributed by atoms with Crippen LogP contribution >= 0.6 is 23.1 Å². The van der Waals surface area contributed by atoms with Gasteiger partial charge in [-0.2, -0.15) is 16.6 Å². The summed E-state index contributed by atoms with van der Waals surface area (Å²) in [4.78, 5) is 16.4. The smallest absolute Gasteiger partial charge is 0.264 e. The lowest BCUT2D eigenvalue weighted by atomic mass is 10.00. The second-order valence-electron chi connectivity index (χ2n) is 4.16. The summed E-state index contributed by atoms with van der Waals surface area (Å²) in [6, 6.07) is 11.7. The van der Waals surface area contributed by atoms with Crippen LogP contribution < -0.4 is 5.32 Å². The number of hydrogen-bond donors (Lipinski definition) is 1. The Labute approximate surface area is 129 Å². The summed E-state index contributed by atoms with van der Waals surface area (Å²) < 4.78 is 0. The molecule has 1 aromatic heterocycles. The average Bonchev–Trinajstić information content (AvgIpc) is 3.12. The molecule has 3 rings (SSSR count). The van der Waals surface area contributed by atoms with Crippen molar-refractivity contribution in [2.24, 2.45) is 4.99 Å². The second kappa shape index (κ2) is 5.95. The fraction of sp³-hybridized carbons (Fsp3) is 0. The number of aliphatic imine (C=N–C) groups is 1. The Bertz CT molecular complexity index is 771. The summed E-state index contributed by atoms with van der Waals surface area (Å²) >= 11 is 2.77. The third kappa shape index (κ3) is 2.75. The van der Waals surface area contributed by atoms with Crippen molar-refractivity contribution in [3.8, 4) is 6.19 Å². The predicted octanol–water partition coefficient (Wildman–Crippen LogP) is 3.21. The summed E-state index contributed by atoms with van der Waals surface area (Å²) in [5, 5.41) is 15.5. The molecule has 1 aliphatic heterocycles. The molecule has 1 fully saturated rings. The van der Waals surface area contributed by atoms with Crippen LogP contribution in [-0.4, -0.2) is 11.1 Å². The monoisotopic (exact) mass is 311 g/mol. The van der Waals surface area contributed by atoms with Crippen molar-refractivity contribution in [1.82, 2.24) is 5.32 Å². The van der Waals surface area contributed by atoms with E-state index in [9.17, 15) is 4.79 Å². The van der Waals surface area contributed by atoms with E-state index in [2.05, 4.69) is 10.3 Å². The van der Waals surface area contributed by atoms with Crippen molar-refractivity contribution in [3.63, 3.8) is 0 Å². The number of nitrogens with zero attached hydrogens (tertiary/aromatic N) is 2. The van der Waals surface area contributed by atoms with Crippen LogP contribution in [-0.2, 0) is 4.79 Å². The van der Waals surface area contributed by atoms with Crippen molar-refractivity contribution in [3.05, 3.63) is 63.2 Å². The van der Waals surface area contributed by atoms with Gasteiger partial charge in [-0.05, 0) is 39.7 Å². The normalized spacial score (nSPS) is 18.4. The molecule has 0 radical (unpaired) electrons. The fourth-order valence-corrected chi connectivity index (χ4v) is 3.58. The molecule has 1 aliphatic rings. The zero-order chi connectivity index (χ0) is 14.7. The van der Waals surface area contributed by atoms with Gasteiger partial charge in [0.25, 0.3) is 5.91 Å². The fourth-order valence-electron chi connectivity index (χ4n) is 2.02. The zero-order valence-corrected chi connectivity index (χ0v) is 12.4. The maximum Gasteiger partial charge on any atom is 0.264 e. The van der Waals surface area contributed by atoms with Crippen LogP contribution in [0.2, 0.25) is 0 Å². The number of nitrogens with one attached hydrogen (secondary N) is 1. The van der Waals surface area contributed by atoms with Crippen LogP contribution in [0.1, 0.15) is 11.1 Å². The van der Waals surface area contributed by atoms with Gasteiger partial charge < -0.3 is 0 Å². The molecule has 102 valence electrons. The van der Waals surface area contributed by atoms with Crippen LogP contribution in [0.3, 0.4) is 0 Å². The molecule has 1 aromatic carbocycles. The third-order valence-electron chi connectivity index (χ3n) is 2.88. The number of rotatable bonds is 2. The molecule has 21 heavy (non-hydrogen) atoms. The summed E-state index contributed by atoms with van der Waals surface area (Å²) in [5.74, 6) is -0.223. The van der Waals surface area contributed by atoms with E-state index in [4.69, 9.17) is 5.26 Å². The minimum atomic E-state index is -0.223. The lowest BCUT2D eigenvalue weighted by Gasteiger charge is -2.08. The first kappa shape index (κ1) is 13.6. The molecule has 0 aliphatic carbocycles. The molecule has 4 nitrogen and oxygen atoms in total. The van der Waals surface area contributed by atoms with Gasteiger partial charge in [0.2, 0.25) is 6.19 Å². The molecule has 1 amide bonds. The number of amidine groups is 1. The quantitative estimate of drug-likeness (QED) is 0.684. The van der Waals surface area contributed by atoms with Gasteiger partial charge in [-0.3, -0.25) is 10.1 Å².